The fraction of sp³-hybridized carbons (Fsp3) is 0.538. The van der Waals surface area contributed by atoms with Crippen molar-refractivity contribution in [1.82, 2.24) is 5.32 Å². The Labute approximate surface area is 106 Å². The summed E-state index contributed by atoms with van der Waals surface area (Å²) < 4.78 is 19.0. The Bertz CT molecular complexity index is 380. The van der Waals surface area contributed by atoms with Crippen LogP contribution >= 0.6 is 11.6 Å². The van der Waals surface area contributed by atoms with Crippen LogP contribution in [0.4, 0.5) is 4.39 Å². The third-order valence-corrected chi connectivity index (χ3v) is 3.68. The van der Waals surface area contributed by atoms with Crippen LogP contribution in [-0.4, -0.2) is 25.8 Å². The van der Waals surface area contributed by atoms with Crippen molar-refractivity contribution in [3.63, 3.8) is 0 Å². The summed E-state index contributed by atoms with van der Waals surface area (Å²) in [5.41, 5.74) is 0.835. The van der Waals surface area contributed by atoms with Crippen LogP contribution < -0.4 is 5.32 Å². The summed E-state index contributed by atoms with van der Waals surface area (Å²) in [6, 6.07) is 5.13. The largest absolute Gasteiger partial charge is 0.377 e. The lowest BCUT2D eigenvalue weighted by Crippen LogP contribution is -2.39. The van der Waals surface area contributed by atoms with Gasteiger partial charge in [0.25, 0.3) is 0 Å². The molecule has 0 radical (unpaired) electrons. The van der Waals surface area contributed by atoms with Gasteiger partial charge in [0.15, 0.2) is 0 Å². The summed E-state index contributed by atoms with van der Waals surface area (Å²) in [6.45, 7) is 0.819. The summed E-state index contributed by atoms with van der Waals surface area (Å²) in [5.74, 6) is -0.355. The lowest BCUT2D eigenvalue weighted by Gasteiger charge is -2.23. The number of benzene rings is 1. The second-order valence-electron chi connectivity index (χ2n) is 4.36. The van der Waals surface area contributed by atoms with Crippen molar-refractivity contribution in [3.05, 3.63) is 34.6 Å². The third kappa shape index (κ3) is 2.97. The fourth-order valence-corrected chi connectivity index (χ4v) is 2.49. The van der Waals surface area contributed by atoms with Gasteiger partial charge in [-0.15, -0.1) is 0 Å². The lowest BCUT2D eigenvalue weighted by atomic mass is 9.99. The summed E-state index contributed by atoms with van der Waals surface area (Å²) in [5, 5.41) is 3.46. The van der Waals surface area contributed by atoms with Crippen LogP contribution in [0.1, 0.15) is 18.4 Å². The van der Waals surface area contributed by atoms with E-state index in [-0.39, 0.29) is 23.0 Å². The summed E-state index contributed by atoms with van der Waals surface area (Å²) in [6.07, 6.45) is 3.05. The first-order chi connectivity index (χ1) is 8.22. The van der Waals surface area contributed by atoms with Crippen LogP contribution in [0.15, 0.2) is 18.2 Å². The highest BCUT2D eigenvalue weighted by atomic mass is 35.5. The van der Waals surface area contributed by atoms with Crippen molar-refractivity contribution in [2.24, 2.45) is 0 Å². The van der Waals surface area contributed by atoms with Gasteiger partial charge < -0.3 is 10.1 Å². The number of halogens is 2. The molecule has 1 aromatic rings. The van der Waals surface area contributed by atoms with Crippen LogP contribution in [0.5, 0.6) is 0 Å². The number of hydrogen-bond donors (Lipinski definition) is 1. The zero-order valence-electron chi connectivity index (χ0n) is 9.88. The minimum absolute atomic E-state index is 0.191. The monoisotopic (exact) mass is 257 g/mol. The Morgan fingerprint density at radius 1 is 1.59 bits per heavy atom. The standard InChI is InChI=1S/C13H17ClFNO/c1-16-11(12-6-3-7-17-12)8-9-4-2-5-10(15)13(9)14/h2,4-5,11-12,16H,3,6-8H2,1H3. The SMILES string of the molecule is CNC(Cc1cccc(F)c1Cl)C1CCCO1. The summed E-state index contributed by atoms with van der Waals surface area (Å²) >= 11 is 5.96. The molecule has 2 nitrogen and oxygen atoms in total. The van der Waals surface area contributed by atoms with Gasteiger partial charge in [0, 0.05) is 12.6 Å². The molecule has 1 aliphatic rings. The molecule has 1 aliphatic heterocycles. The number of hydrogen-bond acceptors (Lipinski definition) is 2. The fourth-order valence-electron chi connectivity index (χ4n) is 2.28. The molecule has 1 saturated heterocycles. The molecule has 1 heterocycles. The quantitative estimate of drug-likeness (QED) is 0.896. The number of rotatable bonds is 4. The van der Waals surface area contributed by atoms with E-state index in [1.807, 2.05) is 13.1 Å². The molecule has 0 amide bonds. The summed E-state index contributed by atoms with van der Waals surface area (Å²) in [4.78, 5) is 0. The predicted molar refractivity (Wildman–Crippen MR) is 66.9 cm³/mol. The molecule has 0 spiro atoms. The molecular formula is C13H17ClFNO. The van der Waals surface area contributed by atoms with E-state index in [0.29, 0.717) is 6.42 Å². The van der Waals surface area contributed by atoms with E-state index < -0.39 is 0 Å². The van der Waals surface area contributed by atoms with Gasteiger partial charge in [0.1, 0.15) is 5.82 Å². The molecule has 0 bridgehead atoms. The number of likely N-dealkylation sites (N-methyl/N-ethyl adjacent to an activating group) is 1. The van der Waals surface area contributed by atoms with Crippen molar-refractivity contribution in [2.75, 3.05) is 13.7 Å². The van der Waals surface area contributed by atoms with Crippen molar-refractivity contribution in [1.29, 1.82) is 0 Å². The molecule has 0 saturated carbocycles. The minimum atomic E-state index is -0.355. The molecule has 1 aromatic carbocycles. The molecule has 17 heavy (non-hydrogen) atoms. The molecule has 94 valence electrons. The van der Waals surface area contributed by atoms with E-state index in [1.54, 1.807) is 6.07 Å². The molecule has 1 N–H and O–H groups in total. The van der Waals surface area contributed by atoms with Crippen molar-refractivity contribution < 1.29 is 9.13 Å². The van der Waals surface area contributed by atoms with Gasteiger partial charge in [-0.25, -0.2) is 4.39 Å². The first-order valence-corrected chi connectivity index (χ1v) is 6.32. The Hall–Kier alpha value is -0.640. The van der Waals surface area contributed by atoms with E-state index in [9.17, 15) is 4.39 Å². The second-order valence-corrected chi connectivity index (χ2v) is 4.74. The average Bonchev–Trinajstić information content (AvgIpc) is 2.85. The minimum Gasteiger partial charge on any atom is -0.377 e. The maximum Gasteiger partial charge on any atom is 0.142 e. The van der Waals surface area contributed by atoms with Gasteiger partial charge in [-0.05, 0) is 37.9 Å². The van der Waals surface area contributed by atoms with Crippen LogP contribution in [0.2, 0.25) is 5.02 Å². The molecule has 2 rings (SSSR count). The second kappa shape index (κ2) is 5.80. The van der Waals surface area contributed by atoms with Gasteiger partial charge in [-0.2, -0.15) is 0 Å². The van der Waals surface area contributed by atoms with E-state index >= 15 is 0 Å². The Balaban J connectivity index is 2.09. The van der Waals surface area contributed by atoms with E-state index in [2.05, 4.69) is 5.32 Å². The Kier molecular flexibility index (Phi) is 4.37. The average molecular weight is 258 g/mol. The van der Waals surface area contributed by atoms with Crippen LogP contribution in [0.3, 0.4) is 0 Å². The van der Waals surface area contributed by atoms with Gasteiger partial charge in [0.05, 0.1) is 11.1 Å². The number of nitrogens with one attached hydrogen (secondary N) is 1. The first-order valence-electron chi connectivity index (χ1n) is 5.94. The van der Waals surface area contributed by atoms with Crippen LogP contribution in [0.25, 0.3) is 0 Å². The van der Waals surface area contributed by atoms with Gasteiger partial charge in [-0.1, -0.05) is 23.7 Å². The highest BCUT2D eigenvalue weighted by molar-refractivity contribution is 6.31. The summed E-state index contributed by atoms with van der Waals surface area (Å²) in [7, 11) is 1.90. The maximum atomic E-state index is 13.3. The van der Waals surface area contributed by atoms with Crippen molar-refractivity contribution >= 4 is 11.6 Å². The van der Waals surface area contributed by atoms with Crippen LogP contribution in [-0.2, 0) is 11.2 Å². The maximum absolute atomic E-state index is 13.3. The van der Waals surface area contributed by atoms with Gasteiger partial charge >= 0.3 is 0 Å². The molecule has 4 heteroatoms. The van der Waals surface area contributed by atoms with Crippen molar-refractivity contribution in [3.8, 4) is 0 Å². The van der Waals surface area contributed by atoms with Crippen molar-refractivity contribution in [2.45, 2.75) is 31.4 Å². The normalized spacial score (nSPS) is 21.7. The van der Waals surface area contributed by atoms with Crippen LogP contribution in [0, 0.1) is 5.82 Å². The first kappa shape index (κ1) is 12.8. The highest BCUT2D eigenvalue weighted by Gasteiger charge is 2.25. The third-order valence-electron chi connectivity index (χ3n) is 3.26. The molecule has 0 aliphatic carbocycles. The van der Waals surface area contributed by atoms with E-state index in [1.165, 1.54) is 6.07 Å². The smallest absolute Gasteiger partial charge is 0.142 e. The Morgan fingerprint density at radius 2 is 2.41 bits per heavy atom. The van der Waals surface area contributed by atoms with Gasteiger partial charge in [0.2, 0.25) is 0 Å². The number of ether oxygens (including phenoxy) is 1. The lowest BCUT2D eigenvalue weighted by molar-refractivity contribution is 0.0808. The molecule has 2 unspecified atom stereocenters. The van der Waals surface area contributed by atoms with E-state index in [0.717, 1.165) is 25.0 Å². The zero-order chi connectivity index (χ0) is 12.3. The zero-order valence-corrected chi connectivity index (χ0v) is 10.6. The molecular weight excluding hydrogens is 241 g/mol. The van der Waals surface area contributed by atoms with E-state index in [4.69, 9.17) is 16.3 Å². The topological polar surface area (TPSA) is 21.3 Å². The Morgan fingerprint density at radius 3 is 3.06 bits per heavy atom. The predicted octanol–water partition coefficient (Wildman–Crippen LogP) is 2.79. The molecule has 2 atom stereocenters. The molecule has 1 fully saturated rings. The highest BCUT2D eigenvalue weighted by Crippen LogP contribution is 2.24. The molecule has 0 aromatic heterocycles. The van der Waals surface area contributed by atoms with Gasteiger partial charge in [-0.3, -0.25) is 0 Å².